The number of aromatic nitrogens is 1. The summed E-state index contributed by atoms with van der Waals surface area (Å²) in [6.45, 7) is 14.3. The van der Waals surface area contributed by atoms with Crippen LogP contribution in [-0.4, -0.2) is 108 Å². The van der Waals surface area contributed by atoms with Crippen LogP contribution >= 0.6 is 0 Å². The lowest BCUT2D eigenvalue weighted by Crippen LogP contribution is -2.64. The van der Waals surface area contributed by atoms with Crippen molar-refractivity contribution in [3.63, 3.8) is 0 Å². The highest BCUT2D eigenvalue weighted by atomic mass is 16.6. The first-order valence-electron chi connectivity index (χ1n) is 15.8. The molecule has 0 radical (unpaired) electrons. The van der Waals surface area contributed by atoms with Crippen molar-refractivity contribution in [1.29, 1.82) is 5.26 Å². The van der Waals surface area contributed by atoms with Crippen molar-refractivity contribution < 1.29 is 23.8 Å². The van der Waals surface area contributed by atoms with Crippen molar-refractivity contribution in [2.45, 2.75) is 89.9 Å². The second-order valence-electron chi connectivity index (χ2n) is 12.9. The number of nitriles is 1. The Morgan fingerprint density at radius 3 is 2.50 bits per heavy atom. The van der Waals surface area contributed by atoms with Crippen molar-refractivity contribution in [3.8, 4) is 6.07 Å². The molecule has 5 heterocycles. The predicted octanol–water partition coefficient (Wildman–Crippen LogP) is 4.07. The molecule has 5 rings (SSSR count). The van der Waals surface area contributed by atoms with Gasteiger partial charge in [-0.1, -0.05) is 19.8 Å². The maximum absolute atomic E-state index is 13.5. The van der Waals surface area contributed by atoms with E-state index < -0.39 is 5.60 Å². The smallest absolute Gasteiger partial charge is 0.410 e. The van der Waals surface area contributed by atoms with Crippen molar-refractivity contribution in [1.82, 2.24) is 19.7 Å². The molecule has 2 atom stereocenters. The van der Waals surface area contributed by atoms with Crippen LogP contribution in [-0.2, 0) is 14.2 Å². The molecule has 0 saturated carbocycles. The number of aryl methyl sites for hydroxylation is 2. The zero-order valence-electron chi connectivity index (χ0n) is 25.8. The van der Waals surface area contributed by atoms with Crippen molar-refractivity contribution >= 4 is 12.0 Å². The van der Waals surface area contributed by atoms with Gasteiger partial charge in [0.15, 0.2) is 0 Å². The van der Waals surface area contributed by atoms with Gasteiger partial charge >= 0.3 is 6.09 Å². The van der Waals surface area contributed by atoms with E-state index in [0.29, 0.717) is 62.3 Å². The topological polar surface area (TPSA) is 108 Å². The third-order valence-corrected chi connectivity index (χ3v) is 10.2. The first kappa shape index (κ1) is 30.7. The number of hydrogen-bond acceptors (Lipinski definition) is 8. The number of ether oxygens (including phenoxy) is 3. The molecule has 42 heavy (non-hydrogen) atoms. The second kappa shape index (κ2) is 12.9. The molecule has 0 aliphatic carbocycles. The van der Waals surface area contributed by atoms with Crippen LogP contribution in [0.2, 0.25) is 0 Å². The highest BCUT2D eigenvalue weighted by Crippen LogP contribution is 2.43. The molecule has 1 unspecified atom stereocenters. The van der Waals surface area contributed by atoms with Crippen LogP contribution in [0.25, 0.3) is 0 Å². The maximum atomic E-state index is 13.5. The zero-order chi connectivity index (χ0) is 29.9. The van der Waals surface area contributed by atoms with E-state index in [1.807, 2.05) is 23.6 Å². The minimum atomic E-state index is -0.409. The zero-order valence-corrected chi connectivity index (χ0v) is 25.8. The molecule has 1 aromatic rings. The summed E-state index contributed by atoms with van der Waals surface area (Å²) in [5.41, 5.74) is 1.96. The van der Waals surface area contributed by atoms with Gasteiger partial charge in [-0.15, -0.1) is 0 Å². The van der Waals surface area contributed by atoms with Crippen LogP contribution in [0.4, 0.5) is 4.79 Å². The number of amides is 2. The van der Waals surface area contributed by atoms with Crippen molar-refractivity contribution in [3.05, 3.63) is 28.6 Å². The van der Waals surface area contributed by atoms with Crippen molar-refractivity contribution in [2.24, 2.45) is 5.92 Å². The molecule has 10 nitrogen and oxygen atoms in total. The monoisotopic (exact) mass is 581 g/mol. The number of piperidine rings is 2. The molecule has 0 aromatic carbocycles. The van der Waals surface area contributed by atoms with E-state index in [1.165, 1.54) is 0 Å². The third kappa shape index (κ3) is 6.29. The van der Waals surface area contributed by atoms with Gasteiger partial charge in [-0.2, -0.15) is 5.26 Å². The van der Waals surface area contributed by atoms with Gasteiger partial charge < -0.3 is 24.0 Å². The van der Waals surface area contributed by atoms with Gasteiger partial charge in [-0.05, 0) is 51.7 Å². The van der Waals surface area contributed by atoms with Crippen LogP contribution in [0, 0.1) is 31.1 Å². The number of hydrogen-bond donors (Lipinski definition) is 0. The Balaban J connectivity index is 1.20. The molecule has 10 heteroatoms. The van der Waals surface area contributed by atoms with E-state index in [0.717, 1.165) is 70.1 Å². The summed E-state index contributed by atoms with van der Waals surface area (Å²) in [5, 5.41) is 9.22. The Kier molecular flexibility index (Phi) is 9.41. The first-order valence-corrected chi connectivity index (χ1v) is 15.8. The number of pyridine rings is 1. The van der Waals surface area contributed by atoms with Crippen LogP contribution in [0.3, 0.4) is 0 Å². The van der Waals surface area contributed by atoms with E-state index in [2.05, 4.69) is 29.8 Å². The van der Waals surface area contributed by atoms with Gasteiger partial charge in [-0.25, -0.2) is 9.78 Å². The third-order valence-electron chi connectivity index (χ3n) is 10.2. The normalized spacial score (nSPS) is 26.1. The summed E-state index contributed by atoms with van der Waals surface area (Å²) < 4.78 is 17.7. The summed E-state index contributed by atoms with van der Waals surface area (Å²) in [4.78, 5) is 37.4. The number of likely N-dealkylation sites (tertiary alicyclic amines) is 2. The van der Waals surface area contributed by atoms with Gasteiger partial charge in [0, 0.05) is 57.0 Å². The molecule has 4 fully saturated rings. The number of carbonyl (C=O) groups is 2. The minimum absolute atomic E-state index is 0.00395. The maximum Gasteiger partial charge on any atom is 0.410 e. The van der Waals surface area contributed by atoms with Gasteiger partial charge in [0.2, 0.25) is 0 Å². The van der Waals surface area contributed by atoms with E-state index in [-0.39, 0.29) is 23.6 Å². The molecular formula is C32H47N5O5. The van der Waals surface area contributed by atoms with E-state index in [9.17, 15) is 14.9 Å². The molecule has 4 aliphatic heterocycles. The molecule has 230 valence electrons. The Bertz CT molecular complexity index is 1150. The highest BCUT2D eigenvalue weighted by Gasteiger charge is 2.51. The summed E-state index contributed by atoms with van der Waals surface area (Å²) in [6.07, 6.45) is 6.47. The standard InChI is InChI=1S/C32H47N5O5/c1-5-6-7-25-20-36(21-27-22-40-16-17-41-27)30(39)42-32(25)10-14-37(15-11-32)31(4)8-12-35(13-9-31)29(38)28-23(2)18-26(19-33)34-24(28)3/h18,25,27H,5-17,20-22H2,1-4H3/t25?,27-/m0/s1. The first-order chi connectivity index (χ1) is 20.2. The van der Waals surface area contributed by atoms with Gasteiger partial charge in [0.25, 0.3) is 5.91 Å². The SMILES string of the molecule is CCCCC1CN(C[C@H]2COCCO2)C(=O)OC12CCN(C1(C)CCN(C(=O)c3c(C)cc(C#N)nc3C)CC1)CC2. The largest absolute Gasteiger partial charge is 0.442 e. The lowest BCUT2D eigenvalue weighted by atomic mass is 9.74. The molecule has 1 spiro atoms. The Labute approximate surface area is 250 Å². The summed E-state index contributed by atoms with van der Waals surface area (Å²) in [7, 11) is 0. The van der Waals surface area contributed by atoms with Gasteiger partial charge in [0.1, 0.15) is 17.4 Å². The van der Waals surface area contributed by atoms with Crippen LogP contribution in [0.1, 0.15) is 86.1 Å². The molecule has 1 aromatic heterocycles. The van der Waals surface area contributed by atoms with Crippen molar-refractivity contribution in [2.75, 3.05) is 59.1 Å². The quantitative estimate of drug-likeness (QED) is 0.474. The summed E-state index contributed by atoms with van der Waals surface area (Å²) >= 11 is 0. The fraction of sp³-hybridized carbons (Fsp3) is 0.750. The Morgan fingerprint density at radius 2 is 1.88 bits per heavy atom. The van der Waals surface area contributed by atoms with Gasteiger partial charge in [-0.3, -0.25) is 9.69 Å². The number of rotatable bonds is 7. The van der Waals surface area contributed by atoms with Gasteiger partial charge in [0.05, 0.1) is 43.7 Å². The second-order valence-corrected chi connectivity index (χ2v) is 12.9. The number of nitrogens with zero attached hydrogens (tertiary/aromatic N) is 5. The molecule has 4 saturated heterocycles. The fourth-order valence-electron chi connectivity index (χ4n) is 7.48. The summed E-state index contributed by atoms with van der Waals surface area (Å²) in [6, 6.07) is 3.77. The van der Waals surface area contributed by atoms with Crippen LogP contribution in [0.15, 0.2) is 6.07 Å². The lowest BCUT2D eigenvalue weighted by molar-refractivity contribution is -0.145. The number of unbranched alkanes of at least 4 members (excludes halogenated alkanes) is 1. The molecule has 4 aliphatic rings. The average molecular weight is 582 g/mol. The molecule has 2 amide bonds. The lowest BCUT2D eigenvalue weighted by Gasteiger charge is -2.55. The van der Waals surface area contributed by atoms with E-state index in [1.54, 1.807) is 6.07 Å². The highest BCUT2D eigenvalue weighted by molar-refractivity contribution is 5.96. The van der Waals surface area contributed by atoms with E-state index >= 15 is 0 Å². The van der Waals surface area contributed by atoms with E-state index in [4.69, 9.17) is 14.2 Å². The Hall–Kier alpha value is -2.74. The number of carbonyl (C=O) groups excluding carboxylic acids is 2. The summed E-state index contributed by atoms with van der Waals surface area (Å²) in [5.74, 6) is 0.311. The fourth-order valence-corrected chi connectivity index (χ4v) is 7.48. The Morgan fingerprint density at radius 1 is 1.14 bits per heavy atom. The predicted molar refractivity (Wildman–Crippen MR) is 157 cm³/mol. The minimum Gasteiger partial charge on any atom is -0.442 e. The average Bonchev–Trinajstić information content (AvgIpc) is 2.98. The molecule has 0 N–H and O–H groups in total. The molecule has 0 bridgehead atoms. The van der Waals surface area contributed by atoms with Crippen LogP contribution < -0.4 is 0 Å². The van der Waals surface area contributed by atoms with Crippen LogP contribution in [0.5, 0.6) is 0 Å². The molecular weight excluding hydrogens is 534 g/mol.